The highest BCUT2D eigenvalue weighted by atomic mass is 32.2. The summed E-state index contributed by atoms with van der Waals surface area (Å²) in [6.45, 7) is 5.53. The Morgan fingerprint density at radius 2 is 1.46 bits per heavy atom. The van der Waals surface area contributed by atoms with Gasteiger partial charge in [-0.05, 0) is 25.0 Å². The van der Waals surface area contributed by atoms with E-state index in [1.165, 1.54) is 0 Å². The summed E-state index contributed by atoms with van der Waals surface area (Å²) < 4.78 is 28.4. The van der Waals surface area contributed by atoms with Gasteiger partial charge < -0.3 is 0 Å². The van der Waals surface area contributed by atoms with E-state index in [1.807, 2.05) is 24.3 Å². The largest absolute Gasteiger partial charge is 0.255 e. The van der Waals surface area contributed by atoms with Crippen molar-refractivity contribution in [1.29, 1.82) is 0 Å². The van der Waals surface area contributed by atoms with E-state index in [2.05, 4.69) is 18.8 Å². The lowest BCUT2D eigenvalue weighted by Crippen LogP contribution is -2.33. The molecule has 5 heteroatoms. The van der Waals surface area contributed by atoms with Crippen molar-refractivity contribution in [3.8, 4) is 0 Å². The highest BCUT2D eigenvalue weighted by Gasteiger charge is 2.26. The Morgan fingerprint density at radius 3 is 2.08 bits per heavy atom. The van der Waals surface area contributed by atoms with Gasteiger partial charge in [-0.25, -0.2) is 8.42 Å². The molecule has 2 aromatic rings. The van der Waals surface area contributed by atoms with Crippen LogP contribution in [0.1, 0.15) is 65.2 Å². The number of nitrogens with zero attached hydrogens (tertiary/aromatic N) is 2. The summed E-state index contributed by atoms with van der Waals surface area (Å²) in [5.41, 5.74) is 0.571. The predicted molar refractivity (Wildman–Crippen MR) is 109 cm³/mol. The van der Waals surface area contributed by atoms with E-state index in [0.717, 1.165) is 56.8 Å². The molecule has 1 aromatic carbocycles. The third kappa shape index (κ3) is 5.52. The quantitative estimate of drug-likeness (QED) is 0.467. The van der Waals surface area contributed by atoms with Crippen LogP contribution in [0, 0.1) is 0 Å². The fraction of sp³-hybridized carbons (Fsp3) is 0.571. The average Bonchev–Trinajstić information content (AvgIpc) is 2.66. The number of para-hydroxylation sites is 1. The molecular weight excluding hydrogens is 344 g/mol. The fourth-order valence-corrected chi connectivity index (χ4v) is 4.89. The van der Waals surface area contributed by atoms with Crippen LogP contribution in [0.15, 0.2) is 41.4 Å². The van der Waals surface area contributed by atoms with Gasteiger partial charge >= 0.3 is 0 Å². The molecule has 0 bridgehead atoms. The summed E-state index contributed by atoms with van der Waals surface area (Å²) in [5.74, 6) is 0. The van der Waals surface area contributed by atoms with Gasteiger partial charge in [0, 0.05) is 24.7 Å². The van der Waals surface area contributed by atoms with Crippen LogP contribution in [0.3, 0.4) is 0 Å². The number of pyridine rings is 1. The molecule has 0 unspecified atom stereocenters. The lowest BCUT2D eigenvalue weighted by Gasteiger charge is -2.23. The summed E-state index contributed by atoms with van der Waals surface area (Å²) in [7, 11) is -3.53. The van der Waals surface area contributed by atoms with Gasteiger partial charge in [0.2, 0.25) is 10.0 Å². The van der Waals surface area contributed by atoms with Gasteiger partial charge in [-0.1, -0.05) is 70.6 Å². The van der Waals surface area contributed by atoms with Crippen molar-refractivity contribution in [2.75, 3.05) is 13.1 Å². The standard InChI is InChI=1S/C21H32N2O2S/c1-3-5-7-9-17-23(18-10-8-6-4-2)26(24,25)20-15-11-13-19-14-12-16-22-21(19)20/h11-16H,3-10,17-18H2,1-2H3. The summed E-state index contributed by atoms with van der Waals surface area (Å²) in [6, 6.07) is 9.16. The van der Waals surface area contributed by atoms with E-state index in [0.29, 0.717) is 23.5 Å². The number of fused-ring (bicyclic) bond motifs is 1. The highest BCUT2D eigenvalue weighted by molar-refractivity contribution is 7.89. The second-order valence-corrected chi connectivity index (χ2v) is 8.76. The molecule has 0 saturated heterocycles. The zero-order chi connectivity index (χ0) is 18.8. The molecule has 1 aromatic heterocycles. The Balaban J connectivity index is 2.24. The lowest BCUT2D eigenvalue weighted by molar-refractivity contribution is 0.386. The van der Waals surface area contributed by atoms with Crippen molar-refractivity contribution in [2.45, 2.75) is 70.1 Å². The van der Waals surface area contributed by atoms with Gasteiger partial charge in [0.1, 0.15) is 4.90 Å². The second kappa shape index (κ2) is 10.6. The maximum absolute atomic E-state index is 13.4. The Labute approximate surface area is 158 Å². The summed E-state index contributed by atoms with van der Waals surface area (Å²) in [5, 5.41) is 0.866. The molecule has 0 fully saturated rings. The third-order valence-electron chi connectivity index (χ3n) is 4.74. The summed E-state index contributed by atoms with van der Waals surface area (Å²) in [4.78, 5) is 4.68. The topological polar surface area (TPSA) is 50.3 Å². The van der Waals surface area contributed by atoms with Crippen LogP contribution in [0.5, 0.6) is 0 Å². The minimum Gasteiger partial charge on any atom is -0.255 e. The van der Waals surface area contributed by atoms with Crippen LogP contribution in [0.4, 0.5) is 0 Å². The van der Waals surface area contributed by atoms with E-state index < -0.39 is 10.0 Å². The van der Waals surface area contributed by atoms with E-state index >= 15 is 0 Å². The minimum absolute atomic E-state index is 0.335. The van der Waals surface area contributed by atoms with Crippen molar-refractivity contribution in [1.82, 2.24) is 9.29 Å². The molecule has 0 aliphatic carbocycles. The normalized spacial score (nSPS) is 12.1. The zero-order valence-corrected chi connectivity index (χ0v) is 17.0. The van der Waals surface area contributed by atoms with Crippen molar-refractivity contribution in [3.63, 3.8) is 0 Å². The summed E-state index contributed by atoms with van der Waals surface area (Å²) >= 11 is 0. The van der Waals surface area contributed by atoms with Crippen molar-refractivity contribution in [2.24, 2.45) is 0 Å². The number of unbranched alkanes of at least 4 members (excludes halogenated alkanes) is 6. The van der Waals surface area contributed by atoms with Crippen molar-refractivity contribution >= 4 is 20.9 Å². The molecule has 26 heavy (non-hydrogen) atoms. The Morgan fingerprint density at radius 1 is 0.846 bits per heavy atom. The Hall–Kier alpha value is -1.46. The smallest absolute Gasteiger partial charge is 0.245 e. The van der Waals surface area contributed by atoms with E-state index in [-0.39, 0.29) is 0 Å². The van der Waals surface area contributed by atoms with E-state index in [9.17, 15) is 8.42 Å². The summed E-state index contributed by atoms with van der Waals surface area (Å²) in [6.07, 6.45) is 10.2. The molecule has 0 radical (unpaired) electrons. The number of sulfonamides is 1. The molecule has 2 rings (SSSR count). The monoisotopic (exact) mass is 376 g/mol. The molecule has 0 aliphatic heterocycles. The van der Waals surface area contributed by atoms with Gasteiger partial charge in [-0.15, -0.1) is 0 Å². The predicted octanol–water partition coefficient (Wildman–Crippen LogP) is 5.39. The van der Waals surface area contributed by atoms with Gasteiger partial charge in [-0.3, -0.25) is 4.98 Å². The molecule has 4 nitrogen and oxygen atoms in total. The number of hydrogen-bond donors (Lipinski definition) is 0. The Bertz CT molecular complexity index is 757. The molecule has 0 spiro atoms. The minimum atomic E-state index is -3.53. The van der Waals surface area contributed by atoms with Gasteiger partial charge in [0.05, 0.1) is 5.52 Å². The fourth-order valence-electron chi connectivity index (χ4n) is 3.21. The number of hydrogen-bond acceptors (Lipinski definition) is 3. The molecule has 144 valence electrons. The zero-order valence-electron chi connectivity index (χ0n) is 16.2. The molecule has 0 amide bonds. The number of rotatable bonds is 12. The van der Waals surface area contributed by atoms with Gasteiger partial charge in [0.25, 0.3) is 0 Å². The van der Waals surface area contributed by atoms with Crippen LogP contribution in [-0.2, 0) is 10.0 Å². The van der Waals surface area contributed by atoms with Crippen LogP contribution >= 0.6 is 0 Å². The lowest BCUT2D eigenvalue weighted by atomic mass is 10.2. The molecule has 0 aliphatic rings. The maximum atomic E-state index is 13.4. The first-order valence-electron chi connectivity index (χ1n) is 9.95. The van der Waals surface area contributed by atoms with E-state index in [1.54, 1.807) is 16.6 Å². The van der Waals surface area contributed by atoms with Crippen LogP contribution < -0.4 is 0 Å². The van der Waals surface area contributed by atoms with Crippen LogP contribution in [-0.4, -0.2) is 30.8 Å². The Kier molecular flexibility index (Phi) is 8.52. The molecule has 0 atom stereocenters. The van der Waals surface area contributed by atoms with Crippen LogP contribution in [0.2, 0.25) is 0 Å². The molecule has 0 saturated carbocycles. The second-order valence-electron chi connectivity index (χ2n) is 6.86. The molecular formula is C21H32N2O2S. The first kappa shape index (κ1) is 20.8. The molecule has 1 heterocycles. The SMILES string of the molecule is CCCCCCN(CCCCCC)S(=O)(=O)c1cccc2cccnc12. The third-order valence-corrected chi connectivity index (χ3v) is 6.67. The first-order chi connectivity index (χ1) is 12.6. The number of benzene rings is 1. The highest BCUT2D eigenvalue weighted by Crippen LogP contribution is 2.25. The molecule has 0 N–H and O–H groups in total. The maximum Gasteiger partial charge on any atom is 0.245 e. The van der Waals surface area contributed by atoms with Gasteiger partial charge in [-0.2, -0.15) is 4.31 Å². The average molecular weight is 377 g/mol. The van der Waals surface area contributed by atoms with Crippen molar-refractivity contribution < 1.29 is 8.42 Å². The van der Waals surface area contributed by atoms with Crippen LogP contribution in [0.25, 0.3) is 10.9 Å². The van der Waals surface area contributed by atoms with Gasteiger partial charge in [0.15, 0.2) is 0 Å². The first-order valence-corrected chi connectivity index (χ1v) is 11.4. The van der Waals surface area contributed by atoms with Crippen molar-refractivity contribution in [3.05, 3.63) is 36.5 Å². The van der Waals surface area contributed by atoms with E-state index in [4.69, 9.17) is 0 Å². The number of aromatic nitrogens is 1.